The van der Waals surface area contributed by atoms with Gasteiger partial charge in [-0.15, -0.1) is 0 Å². The van der Waals surface area contributed by atoms with Gasteiger partial charge < -0.3 is 15.7 Å². The third-order valence-electron chi connectivity index (χ3n) is 4.40. The largest absolute Gasteiger partial charge is 0.481 e. The van der Waals surface area contributed by atoms with Gasteiger partial charge in [0, 0.05) is 23.1 Å². The van der Waals surface area contributed by atoms with E-state index < -0.39 is 12.0 Å². The van der Waals surface area contributed by atoms with Crippen molar-refractivity contribution in [2.75, 3.05) is 11.1 Å². The lowest BCUT2D eigenvalue weighted by Gasteiger charge is -2.17. The fraction of sp³-hybridized carbons (Fsp3) is 0.526. The molecule has 1 atom stereocenters. The minimum Gasteiger partial charge on any atom is -0.481 e. The molecule has 0 aromatic heterocycles. The van der Waals surface area contributed by atoms with Crippen LogP contribution in [-0.4, -0.2) is 34.7 Å². The standard InChI is InChI=1S/C19H26N2O4S/c1-13(20-19(25)15-6-2-3-7-15)18(24)21-16-8-4-5-14(11-16)12-26-10-9-17(22)23/h4-5,8,11,13,15H,2-3,6-7,9-10,12H2,1H3,(H,20,25)(H,21,24)(H,22,23). The first-order chi connectivity index (χ1) is 12.5. The van der Waals surface area contributed by atoms with Gasteiger partial charge >= 0.3 is 5.97 Å². The van der Waals surface area contributed by atoms with Crippen molar-refractivity contribution >= 4 is 35.2 Å². The van der Waals surface area contributed by atoms with Crippen LogP contribution in [0.4, 0.5) is 5.69 Å². The summed E-state index contributed by atoms with van der Waals surface area (Å²) in [6.07, 6.45) is 4.11. The summed E-state index contributed by atoms with van der Waals surface area (Å²) in [4.78, 5) is 35.0. The monoisotopic (exact) mass is 378 g/mol. The second-order valence-corrected chi connectivity index (χ2v) is 7.70. The van der Waals surface area contributed by atoms with Crippen molar-refractivity contribution in [1.29, 1.82) is 0 Å². The highest BCUT2D eigenvalue weighted by molar-refractivity contribution is 7.98. The number of nitrogens with one attached hydrogen (secondary N) is 2. The van der Waals surface area contributed by atoms with Crippen LogP contribution in [0, 0.1) is 5.92 Å². The highest BCUT2D eigenvalue weighted by Crippen LogP contribution is 2.24. The Morgan fingerprint density at radius 3 is 2.69 bits per heavy atom. The van der Waals surface area contributed by atoms with Crippen LogP contribution in [0.5, 0.6) is 0 Å². The van der Waals surface area contributed by atoms with Crippen LogP contribution in [0.15, 0.2) is 24.3 Å². The second kappa shape index (κ2) is 10.2. The number of carboxylic acid groups (broad SMARTS) is 1. The summed E-state index contributed by atoms with van der Waals surface area (Å²) in [5.41, 5.74) is 1.69. The summed E-state index contributed by atoms with van der Waals surface area (Å²) >= 11 is 1.54. The minimum atomic E-state index is -0.799. The summed E-state index contributed by atoms with van der Waals surface area (Å²) in [6.45, 7) is 1.69. The molecule has 0 heterocycles. The highest BCUT2D eigenvalue weighted by atomic mass is 32.2. The summed E-state index contributed by atoms with van der Waals surface area (Å²) < 4.78 is 0. The van der Waals surface area contributed by atoms with Crippen LogP contribution in [0.25, 0.3) is 0 Å². The molecule has 0 saturated heterocycles. The first-order valence-electron chi connectivity index (χ1n) is 8.95. The van der Waals surface area contributed by atoms with Crippen molar-refractivity contribution in [3.63, 3.8) is 0 Å². The van der Waals surface area contributed by atoms with Crippen LogP contribution in [0.1, 0.15) is 44.6 Å². The molecule has 0 aliphatic heterocycles. The summed E-state index contributed by atoms with van der Waals surface area (Å²) in [5.74, 6) is 0.200. The normalized spacial score (nSPS) is 15.4. The Balaban J connectivity index is 1.80. The van der Waals surface area contributed by atoms with Crippen molar-refractivity contribution in [3.05, 3.63) is 29.8 Å². The second-order valence-electron chi connectivity index (χ2n) is 6.60. The number of benzene rings is 1. The molecular formula is C19H26N2O4S. The smallest absolute Gasteiger partial charge is 0.304 e. The molecule has 2 rings (SSSR count). The van der Waals surface area contributed by atoms with Crippen LogP contribution in [0.3, 0.4) is 0 Å². The molecule has 0 spiro atoms. The SMILES string of the molecule is CC(NC(=O)C1CCCC1)C(=O)Nc1cccc(CSCCC(=O)O)c1. The molecule has 1 aromatic carbocycles. The molecule has 2 amide bonds. The van der Waals surface area contributed by atoms with Crippen molar-refractivity contribution in [1.82, 2.24) is 5.32 Å². The zero-order chi connectivity index (χ0) is 18.9. The molecule has 1 aliphatic carbocycles. The maximum Gasteiger partial charge on any atom is 0.304 e. The number of anilines is 1. The lowest BCUT2D eigenvalue weighted by Crippen LogP contribution is -2.43. The Labute approximate surface area is 158 Å². The molecule has 1 saturated carbocycles. The molecule has 0 radical (unpaired) electrons. The van der Waals surface area contributed by atoms with Gasteiger partial charge in [-0.2, -0.15) is 11.8 Å². The number of amides is 2. The number of aliphatic carboxylic acids is 1. The third kappa shape index (κ3) is 6.71. The van der Waals surface area contributed by atoms with Gasteiger partial charge in [0.25, 0.3) is 0 Å². The highest BCUT2D eigenvalue weighted by Gasteiger charge is 2.25. The predicted octanol–water partition coefficient (Wildman–Crippen LogP) is 3.03. The number of carboxylic acids is 1. The van der Waals surface area contributed by atoms with Gasteiger partial charge in [-0.1, -0.05) is 25.0 Å². The molecule has 1 fully saturated rings. The van der Waals surface area contributed by atoms with E-state index in [2.05, 4.69) is 10.6 Å². The van der Waals surface area contributed by atoms with Crippen LogP contribution in [0.2, 0.25) is 0 Å². The zero-order valence-electron chi connectivity index (χ0n) is 15.0. The lowest BCUT2D eigenvalue weighted by atomic mass is 10.1. The van der Waals surface area contributed by atoms with Crippen LogP contribution >= 0.6 is 11.8 Å². The summed E-state index contributed by atoms with van der Waals surface area (Å²) in [5, 5.41) is 14.3. The number of thioether (sulfide) groups is 1. The van der Waals surface area contributed by atoms with Crippen molar-refractivity contribution in [2.24, 2.45) is 5.92 Å². The number of carbonyl (C=O) groups excluding carboxylic acids is 2. The maximum absolute atomic E-state index is 12.3. The first-order valence-corrected chi connectivity index (χ1v) is 10.1. The molecule has 1 aliphatic rings. The Morgan fingerprint density at radius 1 is 1.27 bits per heavy atom. The Kier molecular flexibility index (Phi) is 7.97. The van der Waals surface area contributed by atoms with Gasteiger partial charge in [0.15, 0.2) is 0 Å². The number of rotatable bonds is 9. The summed E-state index contributed by atoms with van der Waals surface area (Å²) in [6, 6.07) is 6.88. The summed E-state index contributed by atoms with van der Waals surface area (Å²) in [7, 11) is 0. The van der Waals surface area contributed by atoms with Crippen molar-refractivity contribution in [3.8, 4) is 0 Å². The van der Waals surface area contributed by atoms with Gasteiger partial charge in [-0.25, -0.2) is 0 Å². The number of carbonyl (C=O) groups is 3. The molecule has 0 bridgehead atoms. The predicted molar refractivity (Wildman–Crippen MR) is 103 cm³/mol. The van der Waals surface area contributed by atoms with E-state index in [1.54, 1.807) is 24.8 Å². The molecule has 6 nitrogen and oxygen atoms in total. The van der Waals surface area contributed by atoms with E-state index in [0.29, 0.717) is 17.2 Å². The van der Waals surface area contributed by atoms with Gasteiger partial charge in [-0.3, -0.25) is 14.4 Å². The van der Waals surface area contributed by atoms with Crippen molar-refractivity contribution in [2.45, 2.75) is 50.8 Å². The average molecular weight is 378 g/mol. The van der Waals surface area contributed by atoms with Gasteiger partial charge in [0.05, 0.1) is 6.42 Å². The fourth-order valence-electron chi connectivity index (χ4n) is 2.92. The third-order valence-corrected chi connectivity index (χ3v) is 5.43. The molecule has 3 N–H and O–H groups in total. The molecule has 26 heavy (non-hydrogen) atoms. The van der Waals surface area contributed by atoms with E-state index in [1.165, 1.54) is 0 Å². The molecule has 7 heteroatoms. The van der Waals surface area contributed by atoms with Gasteiger partial charge in [0.2, 0.25) is 11.8 Å². The van der Waals surface area contributed by atoms with Gasteiger partial charge in [0.1, 0.15) is 6.04 Å². The van der Waals surface area contributed by atoms with E-state index in [4.69, 9.17) is 5.11 Å². The Bertz CT molecular complexity index is 644. The Morgan fingerprint density at radius 2 is 2.00 bits per heavy atom. The molecule has 1 unspecified atom stereocenters. The van der Waals surface area contributed by atoms with E-state index in [9.17, 15) is 14.4 Å². The molecular weight excluding hydrogens is 352 g/mol. The van der Waals surface area contributed by atoms with Crippen LogP contribution in [-0.2, 0) is 20.1 Å². The molecule has 1 aromatic rings. The lowest BCUT2D eigenvalue weighted by molar-refractivity contribution is -0.136. The zero-order valence-corrected chi connectivity index (χ0v) is 15.8. The average Bonchev–Trinajstić information content (AvgIpc) is 3.13. The van der Waals surface area contributed by atoms with Crippen LogP contribution < -0.4 is 10.6 Å². The van der Waals surface area contributed by atoms with E-state index >= 15 is 0 Å². The first kappa shape index (κ1) is 20.3. The van der Waals surface area contributed by atoms with Crippen molar-refractivity contribution < 1.29 is 19.5 Å². The quantitative estimate of drug-likeness (QED) is 0.574. The maximum atomic E-state index is 12.3. The topological polar surface area (TPSA) is 95.5 Å². The molecule has 142 valence electrons. The minimum absolute atomic E-state index is 0.0336. The number of hydrogen-bond donors (Lipinski definition) is 3. The fourth-order valence-corrected chi connectivity index (χ4v) is 3.80. The van der Waals surface area contributed by atoms with E-state index in [-0.39, 0.29) is 24.2 Å². The van der Waals surface area contributed by atoms with E-state index in [1.807, 2.05) is 18.2 Å². The van der Waals surface area contributed by atoms with E-state index in [0.717, 1.165) is 31.2 Å². The number of hydrogen-bond acceptors (Lipinski definition) is 4. The van der Waals surface area contributed by atoms with Gasteiger partial charge in [-0.05, 0) is 37.5 Å². The Hall–Kier alpha value is -2.02.